The molecule has 2 amide bonds. The van der Waals surface area contributed by atoms with Crippen LogP contribution in [0.4, 0.5) is 11.8 Å². The quantitative estimate of drug-likeness (QED) is 0.608. The molecule has 2 aromatic heterocycles. The molecule has 164 valence electrons. The Kier molecular flexibility index (Phi) is 6.00. The summed E-state index contributed by atoms with van der Waals surface area (Å²) in [4.78, 5) is 44.7. The molecule has 0 spiro atoms. The van der Waals surface area contributed by atoms with Gasteiger partial charge in [0.05, 0.1) is 16.2 Å². The number of benzene rings is 1. The molecule has 0 saturated carbocycles. The highest BCUT2D eigenvalue weighted by Crippen LogP contribution is 2.35. The van der Waals surface area contributed by atoms with Crippen LogP contribution in [0.3, 0.4) is 0 Å². The highest BCUT2D eigenvalue weighted by molar-refractivity contribution is 6.34. The van der Waals surface area contributed by atoms with Crippen molar-refractivity contribution in [3.05, 3.63) is 47.9 Å². The zero-order valence-corrected chi connectivity index (χ0v) is 18.6. The molecular formula is C22H22ClN7O2. The summed E-state index contributed by atoms with van der Waals surface area (Å²) in [6, 6.07) is 3.70. The van der Waals surface area contributed by atoms with Gasteiger partial charge in [-0.15, -0.1) is 0 Å². The molecule has 0 aliphatic carbocycles. The van der Waals surface area contributed by atoms with Crippen molar-refractivity contribution in [2.75, 3.05) is 36.4 Å². The molecule has 0 bridgehead atoms. The Morgan fingerprint density at radius 1 is 1.16 bits per heavy atom. The van der Waals surface area contributed by atoms with Gasteiger partial charge in [-0.05, 0) is 30.7 Å². The first-order valence-corrected chi connectivity index (χ1v) is 10.5. The van der Waals surface area contributed by atoms with E-state index < -0.39 is 5.91 Å². The molecule has 3 heterocycles. The molecule has 1 N–H and O–H groups in total. The molecule has 3 aromatic rings. The molecule has 0 atom stereocenters. The zero-order valence-electron chi connectivity index (χ0n) is 17.8. The van der Waals surface area contributed by atoms with Crippen LogP contribution in [0, 0.1) is 6.92 Å². The van der Waals surface area contributed by atoms with Crippen molar-refractivity contribution in [3.63, 3.8) is 0 Å². The minimum Gasteiger partial charge on any atom is -0.352 e. The Labute approximate surface area is 190 Å². The molecule has 32 heavy (non-hydrogen) atoms. The lowest BCUT2D eigenvalue weighted by atomic mass is 10.1. The summed E-state index contributed by atoms with van der Waals surface area (Å²) >= 11 is 6.68. The fourth-order valence-corrected chi connectivity index (χ4v) is 3.92. The molecule has 1 aromatic carbocycles. The third-order valence-electron chi connectivity index (χ3n) is 5.37. The number of aromatic nitrogens is 4. The summed E-state index contributed by atoms with van der Waals surface area (Å²) in [5, 5.41) is 3.88. The smallest absolute Gasteiger partial charge is 0.250 e. The van der Waals surface area contributed by atoms with Gasteiger partial charge in [-0.25, -0.2) is 19.9 Å². The number of nitrogens with one attached hydrogen (secondary N) is 1. The first-order valence-electron chi connectivity index (χ1n) is 10.1. The van der Waals surface area contributed by atoms with E-state index in [1.807, 2.05) is 24.0 Å². The minimum atomic E-state index is -0.397. The first kappa shape index (κ1) is 21.6. The van der Waals surface area contributed by atoms with E-state index in [2.05, 4.69) is 36.7 Å². The maximum Gasteiger partial charge on any atom is 0.250 e. The zero-order chi connectivity index (χ0) is 22.8. The molecule has 1 aliphatic rings. The summed E-state index contributed by atoms with van der Waals surface area (Å²) in [6.07, 6.45) is 4.30. The Hall–Kier alpha value is -3.59. The third-order valence-corrected chi connectivity index (χ3v) is 5.69. The van der Waals surface area contributed by atoms with Gasteiger partial charge < -0.3 is 9.80 Å². The van der Waals surface area contributed by atoms with Crippen molar-refractivity contribution in [2.24, 2.45) is 0 Å². The fourth-order valence-electron chi connectivity index (χ4n) is 3.67. The largest absolute Gasteiger partial charge is 0.352 e. The Morgan fingerprint density at radius 3 is 2.59 bits per heavy atom. The number of anilines is 2. The summed E-state index contributed by atoms with van der Waals surface area (Å²) in [5.41, 5.74) is 2.80. The number of fused-ring (bicyclic) bond motifs is 1. The van der Waals surface area contributed by atoms with Crippen molar-refractivity contribution >= 4 is 46.1 Å². The van der Waals surface area contributed by atoms with Gasteiger partial charge in [-0.1, -0.05) is 18.2 Å². The summed E-state index contributed by atoms with van der Waals surface area (Å²) in [7, 11) is 0. The van der Waals surface area contributed by atoms with Gasteiger partial charge in [-0.3, -0.25) is 14.9 Å². The summed E-state index contributed by atoms with van der Waals surface area (Å²) in [5.74, 6) is 0.629. The SMILES string of the molecule is C=CC(=O)Nc1ncc(C)c(-c2cc3ncnc(N4CCN(C(C)=O)CC4)c3cc2Cl)n1. The maximum atomic E-state index is 11.6. The van der Waals surface area contributed by atoms with Crippen LogP contribution >= 0.6 is 11.6 Å². The Morgan fingerprint density at radius 2 is 1.91 bits per heavy atom. The van der Waals surface area contributed by atoms with E-state index in [1.54, 1.807) is 13.1 Å². The van der Waals surface area contributed by atoms with Crippen LogP contribution in [0.15, 0.2) is 37.3 Å². The number of carbonyl (C=O) groups excluding carboxylic acids is 2. The number of carbonyl (C=O) groups is 2. The van der Waals surface area contributed by atoms with Crippen LogP contribution in [0.5, 0.6) is 0 Å². The van der Waals surface area contributed by atoms with Crippen LogP contribution in [-0.4, -0.2) is 62.8 Å². The molecule has 1 fully saturated rings. The van der Waals surface area contributed by atoms with E-state index in [9.17, 15) is 9.59 Å². The number of halogens is 1. The number of nitrogens with zero attached hydrogens (tertiary/aromatic N) is 6. The van der Waals surface area contributed by atoms with Gasteiger partial charge in [0.25, 0.3) is 0 Å². The van der Waals surface area contributed by atoms with Gasteiger partial charge in [0, 0.05) is 50.2 Å². The van der Waals surface area contributed by atoms with E-state index in [0.29, 0.717) is 42.5 Å². The van der Waals surface area contributed by atoms with Gasteiger partial charge >= 0.3 is 0 Å². The lowest BCUT2D eigenvalue weighted by Gasteiger charge is -2.35. The van der Waals surface area contributed by atoms with Crippen LogP contribution in [0.2, 0.25) is 5.02 Å². The maximum absolute atomic E-state index is 11.6. The molecular weight excluding hydrogens is 430 g/mol. The average molecular weight is 452 g/mol. The lowest BCUT2D eigenvalue weighted by Crippen LogP contribution is -2.48. The van der Waals surface area contributed by atoms with E-state index in [4.69, 9.17) is 11.6 Å². The van der Waals surface area contributed by atoms with Crippen molar-refractivity contribution in [2.45, 2.75) is 13.8 Å². The van der Waals surface area contributed by atoms with Crippen LogP contribution in [-0.2, 0) is 9.59 Å². The fraction of sp³-hybridized carbons (Fsp3) is 0.273. The number of rotatable bonds is 4. The van der Waals surface area contributed by atoms with Crippen LogP contribution < -0.4 is 10.2 Å². The number of hydrogen-bond acceptors (Lipinski definition) is 7. The normalized spacial score (nSPS) is 13.8. The van der Waals surface area contributed by atoms with Crippen molar-refractivity contribution in [3.8, 4) is 11.3 Å². The minimum absolute atomic E-state index is 0.0775. The lowest BCUT2D eigenvalue weighted by molar-refractivity contribution is -0.129. The van der Waals surface area contributed by atoms with Gasteiger partial charge in [-0.2, -0.15) is 0 Å². The van der Waals surface area contributed by atoms with Gasteiger partial charge in [0.1, 0.15) is 12.1 Å². The van der Waals surface area contributed by atoms with Crippen LogP contribution in [0.25, 0.3) is 22.2 Å². The van der Waals surface area contributed by atoms with Gasteiger partial charge in [0.15, 0.2) is 0 Å². The first-order chi connectivity index (χ1) is 15.4. The Balaban J connectivity index is 1.72. The predicted molar refractivity (Wildman–Crippen MR) is 124 cm³/mol. The summed E-state index contributed by atoms with van der Waals surface area (Å²) in [6.45, 7) is 9.55. The molecule has 0 radical (unpaired) electrons. The van der Waals surface area contributed by atoms with Crippen molar-refractivity contribution in [1.82, 2.24) is 24.8 Å². The molecule has 9 nitrogen and oxygen atoms in total. The summed E-state index contributed by atoms with van der Waals surface area (Å²) < 4.78 is 0. The number of aryl methyl sites for hydroxylation is 1. The van der Waals surface area contributed by atoms with E-state index in [1.165, 1.54) is 6.33 Å². The topological polar surface area (TPSA) is 104 Å². The number of piperazine rings is 1. The van der Waals surface area contributed by atoms with Crippen LogP contribution in [0.1, 0.15) is 12.5 Å². The monoisotopic (exact) mass is 451 g/mol. The second kappa shape index (κ2) is 8.88. The standard InChI is InChI=1S/C22H22ClN7O2/c1-4-19(32)27-22-24-11-13(2)20(28-22)15-10-18-16(9-17(15)23)21(26-12-25-18)30-7-5-29(6-8-30)14(3)31/h4,9-12H,1,5-8H2,2-3H3,(H,24,27,28,32). The van der Waals surface area contributed by atoms with Crippen molar-refractivity contribution in [1.29, 1.82) is 0 Å². The van der Waals surface area contributed by atoms with Gasteiger partial charge in [0.2, 0.25) is 17.8 Å². The van der Waals surface area contributed by atoms with E-state index >= 15 is 0 Å². The highest BCUT2D eigenvalue weighted by Gasteiger charge is 2.22. The number of hydrogen-bond donors (Lipinski definition) is 1. The van der Waals surface area contributed by atoms with Crippen molar-refractivity contribution < 1.29 is 9.59 Å². The predicted octanol–water partition coefficient (Wildman–Crippen LogP) is 2.84. The average Bonchev–Trinajstić information content (AvgIpc) is 2.79. The molecule has 1 saturated heterocycles. The second-order valence-corrected chi connectivity index (χ2v) is 7.87. The highest BCUT2D eigenvalue weighted by atomic mass is 35.5. The van der Waals surface area contributed by atoms with E-state index in [-0.39, 0.29) is 11.9 Å². The third kappa shape index (κ3) is 4.24. The molecule has 10 heteroatoms. The Bertz CT molecular complexity index is 1220. The molecule has 1 aliphatic heterocycles. The van der Waals surface area contributed by atoms with E-state index in [0.717, 1.165) is 28.4 Å². The second-order valence-electron chi connectivity index (χ2n) is 7.46. The molecule has 4 rings (SSSR count). The molecule has 0 unspecified atom stereocenters. The number of amides is 2.